The van der Waals surface area contributed by atoms with E-state index in [4.69, 9.17) is 15.1 Å². The van der Waals surface area contributed by atoms with Crippen LogP contribution in [0.5, 0.6) is 11.5 Å². The fourth-order valence-corrected chi connectivity index (χ4v) is 1.15. The molecule has 0 spiro atoms. The summed E-state index contributed by atoms with van der Waals surface area (Å²) in [5.74, 6) is -1.09. The Kier molecular flexibility index (Phi) is 3.51. The first-order chi connectivity index (χ1) is 7.58. The highest BCUT2D eigenvalue weighted by Crippen LogP contribution is 2.29. The van der Waals surface area contributed by atoms with Gasteiger partial charge in [0.15, 0.2) is 11.5 Å². The van der Waals surface area contributed by atoms with Crippen LogP contribution in [0, 0.1) is 11.3 Å². The summed E-state index contributed by atoms with van der Waals surface area (Å²) in [5.41, 5.74) is 0.366. The molecule has 0 bridgehead atoms. The molecule has 5 heteroatoms. The molecule has 0 saturated heterocycles. The molecule has 1 rings (SSSR count). The van der Waals surface area contributed by atoms with E-state index in [0.717, 1.165) is 6.08 Å². The maximum Gasteiger partial charge on any atom is 0.329 e. The maximum atomic E-state index is 10.5. The van der Waals surface area contributed by atoms with Crippen molar-refractivity contribution in [2.75, 3.05) is 7.11 Å². The molecule has 0 atom stereocenters. The Hall–Kier alpha value is -2.48. The zero-order valence-corrected chi connectivity index (χ0v) is 8.47. The van der Waals surface area contributed by atoms with Crippen molar-refractivity contribution >= 4 is 11.5 Å². The van der Waals surface area contributed by atoms with Crippen LogP contribution in [0.2, 0.25) is 0 Å². The zero-order chi connectivity index (χ0) is 12.1. The van der Waals surface area contributed by atoms with Crippen LogP contribution in [0.25, 0.3) is 5.57 Å². The molecule has 0 heterocycles. The van der Waals surface area contributed by atoms with E-state index in [9.17, 15) is 9.90 Å². The number of allylic oxidation sites excluding steroid dienone is 1. The van der Waals surface area contributed by atoms with Gasteiger partial charge in [-0.1, -0.05) is 0 Å². The molecule has 0 amide bonds. The number of benzene rings is 1. The highest BCUT2D eigenvalue weighted by molar-refractivity contribution is 5.94. The number of aromatic hydroxyl groups is 1. The molecular weight excluding hydrogens is 210 g/mol. The minimum absolute atomic E-state index is 0.00852. The number of phenols is 1. The van der Waals surface area contributed by atoms with Crippen LogP contribution in [0.15, 0.2) is 24.3 Å². The Bertz CT molecular complexity index is 485. The molecule has 1 aromatic carbocycles. The highest BCUT2D eigenvalue weighted by Gasteiger charge is 2.07. The van der Waals surface area contributed by atoms with E-state index in [0.29, 0.717) is 5.56 Å². The normalized spacial score (nSPS) is 10.6. The Morgan fingerprint density at radius 2 is 2.25 bits per heavy atom. The summed E-state index contributed by atoms with van der Waals surface area (Å²) in [6.07, 6.45) is 0.797. The molecule has 1 aromatic rings. The molecule has 0 aliphatic carbocycles. The Morgan fingerprint density at radius 3 is 2.75 bits per heavy atom. The molecule has 0 aliphatic rings. The van der Waals surface area contributed by atoms with E-state index in [1.807, 2.05) is 0 Å². The van der Waals surface area contributed by atoms with Gasteiger partial charge in [0, 0.05) is 6.08 Å². The van der Waals surface area contributed by atoms with Crippen molar-refractivity contribution in [3.63, 3.8) is 0 Å². The van der Waals surface area contributed by atoms with Gasteiger partial charge in [-0.25, -0.2) is 4.79 Å². The van der Waals surface area contributed by atoms with Crippen molar-refractivity contribution in [1.29, 1.82) is 5.26 Å². The van der Waals surface area contributed by atoms with Crippen molar-refractivity contribution in [3.8, 4) is 17.6 Å². The average Bonchev–Trinajstić information content (AvgIpc) is 2.26. The second-order valence-electron chi connectivity index (χ2n) is 2.89. The van der Waals surface area contributed by atoms with Gasteiger partial charge in [-0.3, -0.25) is 0 Å². The van der Waals surface area contributed by atoms with Crippen LogP contribution in [0.3, 0.4) is 0 Å². The number of nitrogens with zero attached hydrogens (tertiary/aromatic N) is 1. The smallest absolute Gasteiger partial charge is 0.329 e. The Labute approximate surface area is 91.8 Å². The lowest BCUT2D eigenvalue weighted by molar-refractivity contribution is -0.131. The minimum atomic E-state index is -1.21. The molecule has 5 nitrogen and oxygen atoms in total. The first-order valence-electron chi connectivity index (χ1n) is 4.30. The third-order valence-corrected chi connectivity index (χ3v) is 1.88. The third-order valence-electron chi connectivity index (χ3n) is 1.88. The van der Waals surface area contributed by atoms with E-state index in [-0.39, 0.29) is 17.1 Å². The summed E-state index contributed by atoms with van der Waals surface area (Å²) in [6, 6.07) is 5.93. The minimum Gasteiger partial charge on any atom is -0.504 e. The fraction of sp³-hybridized carbons (Fsp3) is 0.0909. The number of hydrogen-bond acceptors (Lipinski definition) is 4. The van der Waals surface area contributed by atoms with E-state index >= 15 is 0 Å². The van der Waals surface area contributed by atoms with Gasteiger partial charge >= 0.3 is 5.97 Å². The SMILES string of the molecule is COc1cc(C(C#N)=CC(=O)O)ccc1O. The molecule has 0 aliphatic heterocycles. The number of nitriles is 1. The standard InChI is InChI=1S/C11H9NO4/c1-16-10-4-7(2-3-9(10)13)8(6-12)5-11(14)15/h2-5,13H,1H3,(H,14,15). The summed E-state index contributed by atoms with van der Waals surface area (Å²) in [4.78, 5) is 10.5. The largest absolute Gasteiger partial charge is 0.504 e. The number of phenolic OH excluding ortho intramolecular Hbond substituents is 1. The second-order valence-corrected chi connectivity index (χ2v) is 2.89. The number of hydrogen-bond donors (Lipinski definition) is 2. The predicted octanol–water partition coefficient (Wildman–Crippen LogP) is 1.39. The van der Waals surface area contributed by atoms with Crippen molar-refractivity contribution in [1.82, 2.24) is 0 Å². The van der Waals surface area contributed by atoms with E-state index in [1.54, 1.807) is 6.07 Å². The molecule has 82 valence electrons. The van der Waals surface area contributed by atoms with Gasteiger partial charge in [0.05, 0.1) is 12.7 Å². The lowest BCUT2D eigenvalue weighted by Gasteiger charge is -2.05. The van der Waals surface area contributed by atoms with Crippen molar-refractivity contribution in [2.24, 2.45) is 0 Å². The van der Waals surface area contributed by atoms with Crippen LogP contribution in [-0.2, 0) is 4.79 Å². The highest BCUT2D eigenvalue weighted by atomic mass is 16.5. The number of methoxy groups -OCH3 is 1. The van der Waals surface area contributed by atoms with Crippen LogP contribution in [-0.4, -0.2) is 23.3 Å². The van der Waals surface area contributed by atoms with Crippen LogP contribution in [0.1, 0.15) is 5.56 Å². The zero-order valence-electron chi connectivity index (χ0n) is 8.47. The van der Waals surface area contributed by atoms with Crippen molar-refractivity contribution < 1.29 is 19.7 Å². The topological polar surface area (TPSA) is 90.5 Å². The number of carbonyl (C=O) groups is 1. The molecule has 16 heavy (non-hydrogen) atoms. The molecule has 0 aromatic heterocycles. The lowest BCUT2D eigenvalue weighted by atomic mass is 10.1. The first kappa shape index (κ1) is 11.6. The lowest BCUT2D eigenvalue weighted by Crippen LogP contribution is -1.92. The molecular formula is C11H9NO4. The van der Waals surface area contributed by atoms with Crippen LogP contribution in [0.4, 0.5) is 0 Å². The van der Waals surface area contributed by atoms with Gasteiger partial charge in [0.25, 0.3) is 0 Å². The molecule has 0 fully saturated rings. The van der Waals surface area contributed by atoms with Gasteiger partial charge in [0.2, 0.25) is 0 Å². The number of rotatable bonds is 3. The van der Waals surface area contributed by atoms with Gasteiger partial charge in [0.1, 0.15) is 6.07 Å². The average molecular weight is 219 g/mol. The first-order valence-corrected chi connectivity index (χ1v) is 4.30. The Morgan fingerprint density at radius 1 is 1.56 bits per heavy atom. The van der Waals surface area contributed by atoms with Crippen LogP contribution < -0.4 is 4.74 Å². The maximum absolute atomic E-state index is 10.5. The van der Waals surface area contributed by atoms with Gasteiger partial charge in [-0.05, 0) is 23.8 Å². The summed E-state index contributed by atoms with van der Waals surface area (Å²) in [6.45, 7) is 0. The number of ether oxygens (including phenoxy) is 1. The van der Waals surface area contributed by atoms with Crippen molar-refractivity contribution in [2.45, 2.75) is 0 Å². The van der Waals surface area contributed by atoms with Crippen LogP contribution >= 0.6 is 0 Å². The molecule has 0 saturated carbocycles. The molecule has 0 radical (unpaired) electrons. The van der Waals surface area contributed by atoms with Gasteiger partial charge < -0.3 is 14.9 Å². The third kappa shape index (κ3) is 2.51. The second kappa shape index (κ2) is 4.84. The number of aliphatic carboxylic acids is 1. The van der Waals surface area contributed by atoms with E-state index < -0.39 is 5.97 Å². The summed E-state index contributed by atoms with van der Waals surface area (Å²) in [5, 5.41) is 26.7. The number of carboxylic acids is 1. The fourth-order valence-electron chi connectivity index (χ4n) is 1.15. The summed E-state index contributed by atoms with van der Waals surface area (Å²) < 4.78 is 4.85. The van der Waals surface area contributed by atoms with Crippen molar-refractivity contribution in [3.05, 3.63) is 29.8 Å². The molecule has 0 unspecified atom stereocenters. The quantitative estimate of drug-likeness (QED) is 0.592. The summed E-state index contributed by atoms with van der Waals surface area (Å²) >= 11 is 0. The van der Waals surface area contributed by atoms with E-state index in [1.165, 1.54) is 25.3 Å². The van der Waals surface area contributed by atoms with Gasteiger partial charge in [-0.15, -0.1) is 0 Å². The van der Waals surface area contributed by atoms with E-state index in [2.05, 4.69) is 0 Å². The summed E-state index contributed by atoms with van der Waals surface area (Å²) in [7, 11) is 1.37. The monoisotopic (exact) mass is 219 g/mol. The Balaban J connectivity index is 3.23. The molecule has 2 N–H and O–H groups in total. The van der Waals surface area contributed by atoms with Gasteiger partial charge in [-0.2, -0.15) is 5.26 Å². The predicted molar refractivity (Wildman–Crippen MR) is 55.9 cm³/mol. The number of carboxylic acid groups (broad SMARTS) is 1.